The molecule has 6 nitrogen and oxygen atoms in total. The molecule has 0 radical (unpaired) electrons. The first-order chi connectivity index (χ1) is 11.4. The average Bonchev–Trinajstić information content (AvgIpc) is 3.37. The van der Waals surface area contributed by atoms with E-state index < -0.39 is 5.41 Å². The van der Waals surface area contributed by atoms with Crippen LogP contribution in [0, 0.1) is 5.41 Å². The fourth-order valence-electron chi connectivity index (χ4n) is 3.04. The minimum absolute atomic E-state index is 0.0549. The number of rotatable bonds is 4. The van der Waals surface area contributed by atoms with E-state index in [-0.39, 0.29) is 17.6 Å². The minimum Gasteiger partial charge on any atom is -0.339 e. The second kappa shape index (κ2) is 6.36. The molecule has 1 heterocycles. The highest BCUT2D eigenvalue weighted by Gasteiger charge is 2.58. The quantitative estimate of drug-likeness (QED) is 0.669. The topological polar surface area (TPSA) is 69.7 Å². The van der Waals surface area contributed by atoms with Crippen LogP contribution in [0.5, 0.6) is 0 Å². The molecule has 6 heteroatoms. The molecule has 24 heavy (non-hydrogen) atoms. The number of carbonyl (C=O) groups is 3. The second-order valence-electron chi connectivity index (χ2n) is 6.77. The summed E-state index contributed by atoms with van der Waals surface area (Å²) in [5.74, 6) is -0.372. The summed E-state index contributed by atoms with van der Waals surface area (Å²) < 4.78 is 0. The zero-order valence-corrected chi connectivity index (χ0v) is 14.2. The van der Waals surface area contributed by atoms with Crippen LogP contribution in [0.3, 0.4) is 0 Å². The van der Waals surface area contributed by atoms with Crippen molar-refractivity contribution < 1.29 is 14.4 Å². The lowest BCUT2D eigenvalue weighted by atomic mass is 10.0. The highest BCUT2D eigenvalue weighted by Crippen LogP contribution is 2.48. The number of nitrogens with zero attached hydrogens (tertiary/aromatic N) is 2. The third kappa shape index (κ3) is 3.19. The predicted octanol–water partition coefficient (Wildman–Crippen LogP) is 1.38. The zero-order valence-electron chi connectivity index (χ0n) is 14.2. The molecule has 2 amide bonds. The number of hydrogen-bond acceptors (Lipinski definition) is 4. The van der Waals surface area contributed by atoms with Crippen molar-refractivity contribution >= 4 is 23.3 Å². The van der Waals surface area contributed by atoms with Gasteiger partial charge in [-0.25, -0.2) is 0 Å². The van der Waals surface area contributed by atoms with Gasteiger partial charge in [-0.2, -0.15) is 0 Å². The van der Waals surface area contributed by atoms with Crippen molar-refractivity contribution in [3.8, 4) is 0 Å². The van der Waals surface area contributed by atoms with Gasteiger partial charge in [0.1, 0.15) is 5.41 Å². The number of benzene rings is 1. The van der Waals surface area contributed by atoms with Gasteiger partial charge in [-0.15, -0.1) is 0 Å². The van der Waals surface area contributed by atoms with E-state index in [1.807, 2.05) is 7.05 Å². The molecule has 2 aliphatic rings. The summed E-state index contributed by atoms with van der Waals surface area (Å²) >= 11 is 0. The number of ketones is 1. The molecule has 1 aromatic carbocycles. The number of hydrogen-bond donors (Lipinski definition) is 1. The lowest BCUT2D eigenvalue weighted by Crippen LogP contribution is -2.51. The molecule has 0 bridgehead atoms. The molecule has 1 saturated carbocycles. The van der Waals surface area contributed by atoms with Gasteiger partial charge in [-0.05, 0) is 38.9 Å². The van der Waals surface area contributed by atoms with Gasteiger partial charge in [0.05, 0.1) is 0 Å². The van der Waals surface area contributed by atoms with E-state index in [1.165, 1.54) is 6.92 Å². The Morgan fingerprint density at radius 1 is 1.08 bits per heavy atom. The van der Waals surface area contributed by atoms with E-state index in [1.54, 1.807) is 29.2 Å². The summed E-state index contributed by atoms with van der Waals surface area (Å²) in [6.45, 7) is 4.50. The number of piperazine rings is 1. The van der Waals surface area contributed by atoms with Crippen LogP contribution in [0.1, 0.15) is 30.1 Å². The lowest BCUT2D eigenvalue weighted by molar-refractivity contribution is -0.143. The molecule has 2 fully saturated rings. The highest BCUT2D eigenvalue weighted by atomic mass is 16.2. The Kier molecular flexibility index (Phi) is 4.41. The van der Waals surface area contributed by atoms with Crippen molar-refractivity contribution in [1.82, 2.24) is 9.80 Å². The number of anilines is 1. The van der Waals surface area contributed by atoms with Crippen LogP contribution in [0.4, 0.5) is 5.69 Å². The van der Waals surface area contributed by atoms with Crippen LogP contribution >= 0.6 is 0 Å². The summed E-state index contributed by atoms with van der Waals surface area (Å²) in [5, 5.41) is 2.82. The number of amides is 2. The number of nitrogens with one attached hydrogen (secondary N) is 1. The minimum atomic E-state index is -0.915. The van der Waals surface area contributed by atoms with Gasteiger partial charge in [0.25, 0.3) is 0 Å². The van der Waals surface area contributed by atoms with Crippen LogP contribution in [0.2, 0.25) is 0 Å². The van der Waals surface area contributed by atoms with Crippen LogP contribution in [-0.4, -0.2) is 60.6 Å². The SMILES string of the molecule is CC(=O)c1cccc(NC(=O)C2(C(=O)N3CCN(C)CC3)CC2)c1. The third-order valence-electron chi connectivity index (χ3n) is 4.91. The molecule has 0 atom stereocenters. The van der Waals surface area contributed by atoms with E-state index in [9.17, 15) is 14.4 Å². The van der Waals surface area contributed by atoms with E-state index >= 15 is 0 Å². The van der Waals surface area contributed by atoms with Gasteiger partial charge in [0.15, 0.2) is 5.78 Å². The molecule has 3 rings (SSSR count). The first-order valence-corrected chi connectivity index (χ1v) is 8.33. The van der Waals surface area contributed by atoms with Gasteiger partial charge in [0, 0.05) is 37.4 Å². The van der Waals surface area contributed by atoms with E-state index in [0.717, 1.165) is 13.1 Å². The van der Waals surface area contributed by atoms with Gasteiger partial charge in [-0.3, -0.25) is 14.4 Å². The Labute approximate surface area is 141 Å². The number of Topliss-reactive ketones (excluding diaryl/α,β-unsaturated/α-hetero) is 1. The number of likely N-dealkylation sites (N-methyl/N-ethyl adjacent to an activating group) is 1. The molecule has 1 saturated heterocycles. The van der Waals surface area contributed by atoms with Crippen molar-refractivity contribution in [3.63, 3.8) is 0 Å². The Morgan fingerprint density at radius 3 is 2.33 bits per heavy atom. The maximum absolute atomic E-state index is 12.8. The maximum atomic E-state index is 12.8. The summed E-state index contributed by atoms with van der Waals surface area (Å²) in [4.78, 5) is 40.9. The molecule has 128 valence electrons. The Balaban J connectivity index is 1.69. The van der Waals surface area contributed by atoms with Crippen molar-refractivity contribution in [3.05, 3.63) is 29.8 Å². The largest absolute Gasteiger partial charge is 0.339 e. The Bertz CT molecular complexity index is 674. The zero-order chi connectivity index (χ0) is 17.3. The first-order valence-electron chi connectivity index (χ1n) is 8.33. The van der Waals surface area contributed by atoms with Gasteiger partial charge >= 0.3 is 0 Å². The monoisotopic (exact) mass is 329 g/mol. The van der Waals surface area contributed by atoms with Crippen molar-refractivity contribution in [2.75, 3.05) is 38.5 Å². The predicted molar refractivity (Wildman–Crippen MR) is 90.8 cm³/mol. The molecule has 1 aromatic rings. The molecule has 1 N–H and O–H groups in total. The molecule has 1 aliphatic heterocycles. The molecular weight excluding hydrogens is 306 g/mol. The molecule has 0 aromatic heterocycles. The second-order valence-corrected chi connectivity index (χ2v) is 6.77. The number of carbonyl (C=O) groups excluding carboxylic acids is 3. The fraction of sp³-hybridized carbons (Fsp3) is 0.500. The lowest BCUT2D eigenvalue weighted by Gasteiger charge is -2.34. The summed E-state index contributed by atoms with van der Waals surface area (Å²) in [6.07, 6.45) is 1.19. The molecule has 0 spiro atoms. The van der Waals surface area contributed by atoms with Crippen LogP contribution in [-0.2, 0) is 9.59 Å². The summed E-state index contributed by atoms with van der Waals surface area (Å²) in [6, 6.07) is 6.83. The van der Waals surface area contributed by atoms with Gasteiger partial charge < -0.3 is 15.1 Å². The highest BCUT2D eigenvalue weighted by molar-refractivity contribution is 6.13. The molecule has 1 aliphatic carbocycles. The molecule has 0 unspecified atom stereocenters. The Hall–Kier alpha value is -2.21. The summed E-state index contributed by atoms with van der Waals surface area (Å²) in [7, 11) is 2.03. The maximum Gasteiger partial charge on any atom is 0.240 e. The van der Waals surface area contributed by atoms with E-state index in [4.69, 9.17) is 0 Å². The smallest absolute Gasteiger partial charge is 0.240 e. The average molecular weight is 329 g/mol. The van der Waals surface area contributed by atoms with E-state index in [2.05, 4.69) is 10.2 Å². The van der Waals surface area contributed by atoms with Gasteiger partial charge in [0.2, 0.25) is 11.8 Å². The van der Waals surface area contributed by atoms with E-state index in [0.29, 0.717) is 37.2 Å². The normalized spacial score (nSPS) is 19.7. The standard InChI is InChI=1S/C18H23N3O3/c1-13(22)14-4-3-5-15(12-14)19-16(23)18(6-7-18)17(24)21-10-8-20(2)9-11-21/h3-5,12H,6-11H2,1-2H3,(H,19,23). The summed E-state index contributed by atoms with van der Waals surface area (Å²) in [5.41, 5.74) is 0.190. The van der Waals surface area contributed by atoms with Gasteiger partial charge in [-0.1, -0.05) is 12.1 Å². The van der Waals surface area contributed by atoms with Crippen molar-refractivity contribution in [1.29, 1.82) is 0 Å². The van der Waals surface area contributed by atoms with Crippen LogP contribution < -0.4 is 5.32 Å². The third-order valence-corrected chi connectivity index (χ3v) is 4.91. The van der Waals surface area contributed by atoms with Crippen LogP contribution in [0.15, 0.2) is 24.3 Å². The fourth-order valence-corrected chi connectivity index (χ4v) is 3.04. The molecular formula is C18H23N3O3. The first kappa shape index (κ1) is 16.6. The van der Waals surface area contributed by atoms with Crippen LogP contribution in [0.25, 0.3) is 0 Å². The van der Waals surface area contributed by atoms with Crippen molar-refractivity contribution in [2.24, 2.45) is 5.41 Å². The van der Waals surface area contributed by atoms with Crippen molar-refractivity contribution in [2.45, 2.75) is 19.8 Å². The Morgan fingerprint density at radius 2 is 1.75 bits per heavy atom.